The minimum absolute atomic E-state index is 0.0581. The van der Waals surface area contributed by atoms with E-state index in [1.54, 1.807) is 0 Å². The Morgan fingerprint density at radius 2 is 2.00 bits per heavy atom. The van der Waals surface area contributed by atoms with Gasteiger partial charge in [0.15, 0.2) is 0 Å². The van der Waals surface area contributed by atoms with Gasteiger partial charge in [0.1, 0.15) is 0 Å². The smallest absolute Gasteiger partial charge is 0.0787 e. The maximum Gasteiger partial charge on any atom is 0.0787 e. The average molecular weight is 271 g/mol. The third-order valence-corrected chi connectivity index (χ3v) is 4.62. The van der Waals surface area contributed by atoms with E-state index in [2.05, 4.69) is 33.0 Å². The van der Waals surface area contributed by atoms with E-state index < -0.39 is 0 Å². The molecule has 2 N–H and O–H groups in total. The molecule has 0 bridgehead atoms. The quantitative estimate of drug-likeness (QED) is 0.799. The van der Waals surface area contributed by atoms with Crippen molar-refractivity contribution in [1.82, 2.24) is 5.32 Å². The third-order valence-electron chi connectivity index (χ3n) is 4.62. The molecule has 2 heterocycles. The van der Waals surface area contributed by atoms with Gasteiger partial charge >= 0.3 is 0 Å². The molecule has 19 heavy (non-hydrogen) atoms. The molecule has 2 fully saturated rings. The van der Waals surface area contributed by atoms with Gasteiger partial charge in [-0.1, -0.05) is 0 Å². The zero-order chi connectivity index (χ0) is 14.1. The fourth-order valence-corrected chi connectivity index (χ4v) is 3.53. The number of aliphatic hydroxyl groups excluding tert-OH is 1. The second-order valence-corrected chi connectivity index (χ2v) is 7.38. The number of rotatable bonds is 5. The molecule has 2 rings (SSSR count). The first-order valence-corrected chi connectivity index (χ1v) is 7.41. The lowest BCUT2D eigenvalue weighted by Gasteiger charge is -2.32. The van der Waals surface area contributed by atoms with Gasteiger partial charge in [0.05, 0.1) is 17.8 Å². The summed E-state index contributed by atoms with van der Waals surface area (Å²) >= 11 is 0. The Kier molecular flexibility index (Phi) is 4.26. The third kappa shape index (κ3) is 3.48. The van der Waals surface area contributed by atoms with E-state index in [1.165, 1.54) is 0 Å². The molecule has 0 aromatic rings. The molecule has 112 valence electrons. The molecule has 0 saturated carbocycles. The van der Waals surface area contributed by atoms with Crippen molar-refractivity contribution in [3.8, 4) is 0 Å². The Morgan fingerprint density at radius 3 is 2.47 bits per heavy atom. The summed E-state index contributed by atoms with van der Waals surface area (Å²) in [5, 5.41) is 12.9. The van der Waals surface area contributed by atoms with Gasteiger partial charge in [-0.05, 0) is 47.0 Å². The van der Waals surface area contributed by atoms with Crippen LogP contribution in [0.25, 0.3) is 0 Å². The van der Waals surface area contributed by atoms with Crippen molar-refractivity contribution in [1.29, 1.82) is 0 Å². The van der Waals surface area contributed by atoms with Crippen LogP contribution in [0.4, 0.5) is 0 Å². The summed E-state index contributed by atoms with van der Waals surface area (Å²) in [4.78, 5) is 0. The minimum atomic E-state index is -0.136. The van der Waals surface area contributed by atoms with E-state index in [0.717, 1.165) is 39.0 Å². The summed E-state index contributed by atoms with van der Waals surface area (Å²) in [6.07, 6.45) is 2.88. The summed E-state index contributed by atoms with van der Waals surface area (Å²) < 4.78 is 11.7. The van der Waals surface area contributed by atoms with Crippen LogP contribution in [-0.2, 0) is 9.47 Å². The van der Waals surface area contributed by atoms with Gasteiger partial charge in [0, 0.05) is 31.2 Å². The molecular formula is C15H29NO3. The number of ether oxygens (including phenoxy) is 2. The highest BCUT2D eigenvalue weighted by atomic mass is 16.5. The molecule has 2 saturated heterocycles. The molecule has 0 spiro atoms. The summed E-state index contributed by atoms with van der Waals surface area (Å²) in [5.74, 6) is 0. The van der Waals surface area contributed by atoms with Crippen LogP contribution in [0, 0.1) is 5.41 Å². The Labute approximate surface area is 116 Å². The Bertz CT molecular complexity index is 309. The molecule has 4 nitrogen and oxygen atoms in total. The number of hydrogen-bond donors (Lipinski definition) is 2. The van der Waals surface area contributed by atoms with Crippen molar-refractivity contribution in [2.24, 2.45) is 5.41 Å². The van der Waals surface area contributed by atoms with Gasteiger partial charge in [0.25, 0.3) is 0 Å². The number of aliphatic hydroxyl groups is 1. The van der Waals surface area contributed by atoms with Gasteiger partial charge in [0.2, 0.25) is 0 Å². The van der Waals surface area contributed by atoms with Crippen molar-refractivity contribution in [3.63, 3.8) is 0 Å². The standard InChI is InChI=1S/C15H29NO3/c1-13(2)9-12(14(3,4)19-13)16-10-15(5-7-17)6-8-18-11-15/h12,16-17H,5-11H2,1-4H3. The molecule has 2 aliphatic heterocycles. The molecular weight excluding hydrogens is 242 g/mol. The summed E-state index contributed by atoms with van der Waals surface area (Å²) in [7, 11) is 0. The van der Waals surface area contributed by atoms with Crippen LogP contribution >= 0.6 is 0 Å². The Balaban J connectivity index is 1.94. The molecule has 4 heteroatoms. The van der Waals surface area contributed by atoms with Crippen molar-refractivity contribution >= 4 is 0 Å². The number of hydrogen-bond acceptors (Lipinski definition) is 4. The van der Waals surface area contributed by atoms with Gasteiger partial charge in [-0.25, -0.2) is 0 Å². The second-order valence-electron chi connectivity index (χ2n) is 7.38. The van der Waals surface area contributed by atoms with Crippen LogP contribution in [0.15, 0.2) is 0 Å². The summed E-state index contributed by atoms with van der Waals surface area (Å²) in [6, 6.07) is 0.360. The van der Waals surface area contributed by atoms with Crippen molar-refractivity contribution in [2.45, 2.75) is 64.2 Å². The zero-order valence-corrected chi connectivity index (χ0v) is 12.8. The van der Waals surface area contributed by atoms with Crippen LogP contribution < -0.4 is 5.32 Å². The molecule has 2 unspecified atom stereocenters. The molecule has 2 aliphatic rings. The van der Waals surface area contributed by atoms with Crippen LogP contribution in [-0.4, -0.2) is 48.7 Å². The Hall–Kier alpha value is -0.160. The highest BCUT2D eigenvalue weighted by molar-refractivity contribution is 5.00. The molecule has 2 atom stereocenters. The van der Waals surface area contributed by atoms with Gasteiger partial charge in [-0.3, -0.25) is 0 Å². The summed E-state index contributed by atoms with van der Waals surface area (Å²) in [6.45, 7) is 11.3. The normalized spacial score (nSPS) is 36.8. The van der Waals surface area contributed by atoms with E-state index in [0.29, 0.717) is 6.04 Å². The average Bonchev–Trinajstić information content (AvgIpc) is 2.79. The van der Waals surface area contributed by atoms with Gasteiger partial charge in [-0.15, -0.1) is 0 Å². The van der Waals surface area contributed by atoms with Gasteiger partial charge in [-0.2, -0.15) is 0 Å². The largest absolute Gasteiger partial charge is 0.396 e. The lowest BCUT2D eigenvalue weighted by molar-refractivity contribution is -0.0704. The maximum absolute atomic E-state index is 9.26. The van der Waals surface area contributed by atoms with Crippen LogP contribution in [0.3, 0.4) is 0 Å². The van der Waals surface area contributed by atoms with E-state index in [-0.39, 0.29) is 23.2 Å². The van der Waals surface area contributed by atoms with Crippen molar-refractivity contribution in [3.05, 3.63) is 0 Å². The van der Waals surface area contributed by atoms with Crippen LogP contribution in [0.5, 0.6) is 0 Å². The highest BCUT2D eigenvalue weighted by Crippen LogP contribution is 2.38. The SMILES string of the molecule is CC1(C)CC(NCC2(CCO)CCOC2)C(C)(C)O1. The molecule has 0 radical (unpaired) electrons. The van der Waals surface area contributed by atoms with Gasteiger partial charge < -0.3 is 19.9 Å². The lowest BCUT2D eigenvalue weighted by Crippen LogP contribution is -2.48. The molecule has 0 aromatic heterocycles. The topological polar surface area (TPSA) is 50.7 Å². The molecule has 0 aromatic carbocycles. The van der Waals surface area contributed by atoms with E-state index in [4.69, 9.17) is 9.47 Å². The minimum Gasteiger partial charge on any atom is -0.396 e. The predicted molar refractivity (Wildman–Crippen MR) is 75.2 cm³/mol. The van der Waals surface area contributed by atoms with Crippen LogP contribution in [0.2, 0.25) is 0 Å². The fraction of sp³-hybridized carbons (Fsp3) is 1.00. The first-order valence-electron chi connectivity index (χ1n) is 7.41. The molecule has 0 amide bonds. The highest BCUT2D eigenvalue weighted by Gasteiger charge is 2.46. The van der Waals surface area contributed by atoms with Crippen molar-refractivity contribution in [2.75, 3.05) is 26.4 Å². The zero-order valence-electron chi connectivity index (χ0n) is 12.8. The van der Waals surface area contributed by atoms with E-state index in [1.807, 2.05) is 0 Å². The monoisotopic (exact) mass is 271 g/mol. The van der Waals surface area contributed by atoms with Crippen molar-refractivity contribution < 1.29 is 14.6 Å². The second kappa shape index (κ2) is 5.32. The van der Waals surface area contributed by atoms with E-state index >= 15 is 0 Å². The Morgan fingerprint density at radius 1 is 1.26 bits per heavy atom. The first-order chi connectivity index (χ1) is 8.79. The number of nitrogens with one attached hydrogen (secondary N) is 1. The van der Waals surface area contributed by atoms with E-state index in [9.17, 15) is 5.11 Å². The first kappa shape index (κ1) is 15.2. The fourth-order valence-electron chi connectivity index (χ4n) is 3.53. The maximum atomic E-state index is 9.26. The lowest BCUT2D eigenvalue weighted by atomic mass is 9.83. The predicted octanol–water partition coefficient (Wildman–Crippen LogP) is 1.71. The van der Waals surface area contributed by atoms with Crippen LogP contribution in [0.1, 0.15) is 47.0 Å². The summed E-state index contributed by atoms with van der Waals surface area (Å²) in [5.41, 5.74) is -0.0849. The molecule has 0 aliphatic carbocycles.